The Hall–Kier alpha value is -1.66. The number of halogens is 1. The predicted molar refractivity (Wildman–Crippen MR) is 90.9 cm³/mol. The molecule has 23 heavy (non-hydrogen) atoms. The molecule has 1 aromatic carbocycles. The quantitative estimate of drug-likeness (QED) is 0.811. The molecule has 1 aliphatic heterocycles. The third-order valence-corrected chi connectivity index (χ3v) is 4.64. The van der Waals surface area contributed by atoms with E-state index in [2.05, 4.69) is 38.3 Å². The van der Waals surface area contributed by atoms with Crippen molar-refractivity contribution in [3.05, 3.63) is 52.3 Å². The number of amides is 1. The minimum atomic E-state index is -0.813. The van der Waals surface area contributed by atoms with Crippen LogP contribution in [0.3, 0.4) is 0 Å². The first-order valence-corrected chi connectivity index (χ1v) is 8.56. The van der Waals surface area contributed by atoms with Crippen LogP contribution in [-0.4, -0.2) is 44.8 Å². The Morgan fingerprint density at radius 3 is 2.91 bits per heavy atom. The molecule has 2 heterocycles. The average molecular weight is 378 g/mol. The molecule has 0 atom stereocenters. The van der Waals surface area contributed by atoms with Gasteiger partial charge in [0.15, 0.2) is 0 Å². The summed E-state index contributed by atoms with van der Waals surface area (Å²) < 4.78 is 1.06. The Bertz CT molecular complexity index is 666. The summed E-state index contributed by atoms with van der Waals surface area (Å²) in [4.78, 5) is 13.9. The van der Waals surface area contributed by atoms with Gasteiger partial charge in [-0.1, -0.05) is 28.1 Å². The number of aryl methyl sites for hydroxylation is 1. The number of nitrogens with zero attached hydrogens (tertiary/aromatic N) is 2. The van der Waals surface area contributed by atoms with E-state index in [1.807, 2.05) is 18.2 Å². The summed E-state index contributed by atoms with van der Waals surface area (Å²) in [6, 6.07) is 10.0. The largest absolute Gasteiger partial charge is 0.386 e. The van der Waals surface area contributed by atoms with Crippen molar-refractivity contribution in [3.63, 3.8) is 0 Å². The third-order valence-electron chi connectivity index (χ3n) is 4.15. The van der Waals surface area contributed by atoms with Crippen molar-refractivity contribution in [2.45, 2.75) is 31.3 Å². The molecule has 0 unspecified atom stereocenters. The fourth-order valence-corrected chi connectivity index (χ4v) is 3.43. The van der Waals surface area contributed by atoms with E-state index in [4.69, 9.17) is 0 Å². The van der Waals surface area contributed by atoms with Crippen molar-refractivity contribution in [2.75, 3.05) is 13.1 Å². The molecule has 122 valence electrons. The van der Waals surface area contributed by atoms with Gasteiger partial charge in [-0.15, -0.1) is 0 Å². The van der Waals surface area contributed by atoms with E-state index in [0.29, 0.717) is 25.9 Å². The van der Waals surface area contributed by atoms with Crippen LogP contribution in [0, 0.1) is 0 Å². The monoisotopic (exact) mass is 377 g/mol. The van der Waals surface area contributed by atoms with Gasteiger partial charge in [0.05, 0.1) is 13.1 Å². The smallest absolute Gasteiger partial charge is 0.222 e. The molecule has 1 aromatic heterocycles. The Balaban J connectivity index is 1.40. The fraction of sp³-hybridized carbons (Fsp3) is 0.412. The summed E-state index contributed by atoms with van der Waals surface area (Å²) in [7, 11) is 0. The number of benzene rings is 1. The molecule has 0 aliphatic carbocycles. The van der Waals surface area contributed by atoms with E-state index in [-0.39, 0.29) is 5.91 Å². The second-order valence-corrected chi connectivity index (χ2v) is 7.13. The molecule has 5 nitrogen and oxygen atoms in total. The number of aliphatic hydroxyl groups is 1. The number of β-amino-alcohol motifs (C(OH)–C–C–N with tert-alkyl or cyclic N) is 1. The third kappa shape index (κ3) is 4.20. The van der Waals surface area contributed by atoms with Crippen molar-refractivity contribution < 1.29 is 9.90 Å². The lowest BCUT2D eigenvalue weighted by Crippen LogP contribution is -2.64. The van der Waals surface area contributed by atoms with Gasteiger partial charge in [0.2, 0.25) is 5.91 Å². The number of hydrogen-bond donors (Lipinski definition) is 2. The number of carbonyl (C=O) groups is 1. The van der Waals surface area contributed by atoms with Crippen LogP contribution >= 0.6 is 15.9 Å². The minimum Gasteiger partial charge on any atom is -0.386 e. The van der Waals surface area contributed by atoms with Gasteiger partial charge in [-0.25, -0.2) is 0 Å². The Labute approximate surface area is 143 Å². The Morgan fingerprint density at radius 1 is 1.39 bits per heavy atom. The summed E-state index contributed by atoms with van der Waals surface area (Å²) >= 11 is 3.45. The molecule has 2 aromatic rings. The molecule has 2 N–H and O–H groups in total. The zero-order chi connectivity index (χ0) is 16.3. The molecular weight excluding hydrogens is 358 g/mol. The van der Waals surface area contributed by atoms with Gasteiger partial charge in [0.25, 0.3) is 0 Å². The van der Waals surface area contributed by atoms with E-state index < -0.39 is 5.60 Å². The number of aromatic amines is 1. The van der Waals surface area contributed by atoms with Crippen molar-refractivity contribution in [2.24, 2.45) is 0 Å². The molecule has 1 saturated heterocycles. The van der Waals surface area contributed by atoms with Crippen LogP contribution in [-0.2, 0) is 17.6 Å². The van der Waals surface area contributed by atoms with Crippen LogP contribution in [0.4, 0.5) is 0 Å². The van der Waals surface area contributed by atoms with Gasteiger partial charge < -0.3 is 10.0 Å². The zero-order valence-corrected chi connectivity index (χ0v) is 14.4. The van der Waals surface area contributed by atoms with E-state index >= 15 is 0 Å². The zero-order valence-electron chi connectivity index (χ0n) is 12.8. The molecule has 6 heteroatoms. The molecule has 3 rings (SSSR count). The van der Waals surface area contributed by atoms with E-state index in [1.165, 1.54) is 5.56 Å². The standard InChI is InChI=1S/C17H20BrN3O2/c18-14-5-1-3-13(9-14)4-2-6-16(22)21-11-17(23,12-21)10-15-7-8-19-20-15/h1,3,5,7-9,23H,2,4,6,10-12H2,(H,19,20). The first-order valence-electron chi connectivity index (χ1n) is 7.77. The molecular formula is C17H20BrN3O2. The summed E-state index contributed by atoms with van der Waals surface area (Å²) in [6.07, 6.45) is 4.41. The van der Waals surface area contributed by atoms with Crippen LogP contribution in [0.2, 0.25) is 0 Å². The van der Waals surface area contributed by atoms with Crippen molar-refractivity contribution >= 4 is 21.8 Å². The maximum Gasteiger partial charge on any atom is 0.222 e. The first-order chi connectivity index (χ1) is 11.0. The number of H-pyrrole nitrogens is 1. The van der Waals surface area contributed by atoms with Gasteiger partial charge in [-0.2, -0.15) is 5.10 Å². The minimum absolute atomic E-state index is 0.120. The number of rotatable bonds is 6. The second-order valence-electron chi connectivity index (χ2n) is 6.22. The lowest BCUT2D eigenvalue weighted by atomic mass is 9.88. The van der Waals surface area contributed by atoms with Crippen molar-refractivity contribution in [1.29, 1.82) is 0 Å². The second kappa shape index (κ2) is 6.84. The highest BCUT2D eigenvalue weighted by atomic mass is 79.9. The molecule has 0 bridgehead atoms. The normalized spacial score (nSPS) is 16.2. The number of likely N-dealkylation sites (tertiary alicyclic amines) is 1. The van der Waals surface area contributed by atoms with Crippen LogP contribution in [0.5, 0.6) is 0 Å². The van der Waals surface area contributed by atoms with E-state index in [1.54, 1.807) is 11.1 Å². The van der Waals surface area contributed by atoms with Crippen molar-refractivity contribution in [3.8, 4) is 0 Å². The van der Waals surface area contributed by atoms with Crippen molar-refractivity contribution in [1.82, 2.24) is 15.1 Å². The maximum atomic E-state index is 12.2. The maximum absolute atomic E-state index is 12.2. The van der Waals surface area contributed by atoms with Crippen LogP contribution in [0.1, 0.15) is 24.1 Å². The summed E-state index contributed by atoms with van der Waals surface area (Å²) in [5.41, 5.74) is 1.31. The predicted octanol–water partition coefficient (Wildman–Crippen LogP) is 2.31. The van der Waals surface area contributed by atoms with Gasteiger partial charge in [-0.3, -0.25) is 9.89 Å². The first kappa shape index (κ1) is 16.2. The SMILES string of the molecule is O=C(CCCc1cccc(Br)c1)N1CC(O)(Cc2ccn[nH]2)C1. The summed E-state index contributed by atoms with van der Waals surface area (Å²) in [5.74, 6) is 0.120. The van der Waals surface area contributed by atoms with E-state index in [9.17, 15) is 9.90 Å². The van der Waals surface area contributed by atoms with Gasteiger partial charge in [0.1, 0.15) is 5.60 Å². The Morgan fingerprint density at radius 2 is 2.22 bits per heavy atom. The number of hydrogen-bond acceptors (Lipinski definition) is 3. The lowest BCUT2D eigenvalue weighted by Gasteiger charge is -2.46. The van der Waals surface area contributed by atoms with Gasteiger partial charge in [-0.05, 0) is 36.6 Å². The highest BCUT2D eigenvalue weighted by Gasteiger charge is 2.43. The number of aromatic nitrogens is 2. The van der Waals surface area contributed by atoms with Gasteiger partial charge >= 0.3 is 0 Å². The lowest BCUT2D eigenvalue weighted by molar-refractivity contribution is -0.155. The van der Waals surface area contributed by atoms with Crippen LogP contribution < -0.4 is 0 Å². The molecule has 0 spiro atoms. The van der Waals surface area contributed by atoms with Crippen LogP contribution in [0.25, 0.3) is 0 Å². The van der Waals surface area contributed by atoms with Gasteiger partial charge in [0, 0.05) is 29.2 Å². The summed E-state index contributed by atoms with van der Waals surface area (Å²) in [5, 5.41) is 17.1. The van der Waals surface area contributed by atoms with E-state index in [0.717, 1.165) is 23.0 Å². The topological polar surface area (TPSA) is 69.2 Å². The highest BCUT2D eigenvalue weighted by molar-refractivity contribution is 9.10. The number of carbonyl (C=O) groups excluding carboxylic acids is 1. The highest BCUT2D eigenvalue weighted by Crippen LogP contribution is 2.25. The fourth-order valence-electron chi connectivity index (χ4n) is 2.98. The molecule has 0 radical (unpaired) electrons. The summed E-state index contributed by atoms with van der Waals surface area (Å²) in [6.45, 7) is 0.809. The molecule has 0 saturated carbocycles. The average Bonchev–Trinajstić information content (AvgIpc) is 2.97. The number of nitrogens with one attached hydrogen (secondary N) is 1. The van der Waals surface area contributed by atoms with Crippen LogP contribution in [0.15, 0.2) is 41.0 Å². The molecule has 1 amide bonds. The Kier molecular flexibility index (Phi) is 4.82. The molecule has 1 fully saturated rings. The molecule has 1 aliphatic rings.